The van der Waals surface area contributed by atoms with Crippen molar-refractivity contribution in [3.05, 3.63) is 71.0 Å². The van der Waals surface area contributed by atoms with Crippen molar-refractivity contribution in [2.75, 3.05) is 17.3 Å². The molecule has 0 saturated heterocycles. The number of aromatic nitrogens is 3. The van der Waals surface area contributed by atoms with E-state index in [0.717, 1.165) is 16.8 Å². The first kappa shape index (κ1) is 18.9. The second kappa shape index (κ2) is 6.84. The number of anilines is 2. The third kappa shape index (κ3) is 3.18. The number of likely N-dealkylation sites (N-methyl/N-ethyl adjacent to an activating group) is 1. The van der Waals surface area contributed by atoms with Gasteiger partial charge in [-0.15, -0.1) is 5.10 Å². The van der Waals surface area contributed by atoms with E-state index < -0.39 is 5.41 Å². The zero-order chi connectivity index (χ0) is 20.8. The maximum absolute atomic E-state index is 12.8. The first-order chi connectivity index (χ1) is 13.8. The summed E-state index contributed by atoms with van der Waals surface area (Å²) in [6.45, 7) is 6.16. The highest BCUT2D eigenvalue weighted by Gasteiger charge is 2.42. The molecule has 1 aliphatic heterocycles. The lowest BCUT2D eigenvalue weighted by molar-refractivity contribution is -0.121. The summed E-state index contributed by atoms with van der Waals surface area (Å²) in [5.74, 6) is -0.284. The molecule has 0 radical (unpaired) electrons. The lowest BCUT2D eigenvalue weighted by Crippen LogP contribution is -2.33. The summed E-state index contributed by atoms with van der Waals surface area (Å²) in [7, 11) is 1.77. The average molecular weight is 389 g/mol. The van der Waals surface area contributed by atoms with Crippen LogP contribution in [0.1, 0.15) is 41.2 Å². The van der Waals surface area contributed by atoms with Crippen molar-refractivity contribution >= 4 is 23.2 Å². The highest BCUT2D eigenvalue weighted by Crippen LogP contribution is 2.41. The van der Waals surface area contributed by atoms with Crippen LogP contribution >= 0.6 is 0 Å². The van der Waals surface area contributed by atoms with E-state index in [0.29, 0.717) is 17.9 Å². The molecule has 29 heavy (non-hydrogen) atoms. The van der Waals surface area contributed by atoms with E-state index in [9.17, 15) is 9.59 Å². The van der Waals surface area contributed by atoms with Crippen LogP contribution in [0.3, 0.4) is 0 Å². The number of carbonyl (C=O) groups excluding carboxylic acids is 2. The molecule has 1 aromatic heterocycles. The van der Waals surface area contributed by atoms with E-state index in [2.05, 4.69) is 15.6 Å². The fourth-order valence-electron chi connectivity index (χ4n) is 3.72. The van der Waals surface area contributed by atoms with Gasteiger partial charge in [0.05, 0.1) is 17.7 Å². The monoisotopic (exact) mass is 389 g/mol. The van der Waals surface area contributed by atoms with Crippen LogP contribution in [0.5, 0.6) is 0 Å². The third-order valence-corrected chi connectivity index (χ3v) is 5.50. The van der Waals surface area contributed by atoms with Crippen LogP contribution < -0.4 is 10.2 Å². The van der Waals surface area contributed by atoms with Gasteiger partial charge in [0, 0.05) is 18.4 Å². The van der Waals surface area contributed by atoms with Crippen molar-refractivity contribution in [2.24, 2.45) is 0 Å². The second-order valence-electron chi connectivity index (χ2n) is 7.84. The Kier molecular flexibility index (Phi) is 4.45. The van der Waals surface area contributed by atoms with Crippen LogP contribution in [0.2, 0.25) is 0 Å². The van der Waals surface area contributed by atoms with Crippen LogP contribution in [0, 0.1) is 6.92 Å². The second-order valence-corrected chi connectivity index (χ2v) is 7.84. The van der Waals surface area contributed by atoms with E-state index in [1.54, 1.807) is 22.7 Å². The number of benzene rings is 2. The molecule has 0 fully saturated rings. The highest BCUT2D eigenvalue weighted by atomic mass is 16.2. The van der Waals surface area contributed by atoms with Crippen molar-refractivity contribution in [2.45, 2.75) is 32.7 Å². The molecule has 0 unspecified atom stereocenters. The number of hydrogen-bond acceptors (Lipinski definition) is 4. The van der Waals surface area contributed by atoms with Crippen LogP contribution in [-0.4, -0.2) is 33.9 Å². The Bertz CT molecular complexity index is 1100. The summed E-state index contributed by atoms with van der Waals surface area (Å²) in [5, 5.41) is 11.1. The first-order valence-corrected chi connectivity index (χ1v) is 9.47. The Hall–Kier alpha value is -3.48. The molecule has 0 atom stereocenters. The Labute approximate surface area is 169 Å². The molecule has 3 aromatic rings. The van der Waals surface area contributed by atoms with Gasteiger partial charge in [0.1, 0.15) is 0 Å². The smallest absolute Gasteiger partial charge is 0.278 e. The van der Waals surface area contributed by atoms with Gasteiger partial charge < -0.3 is 10.2 Å². The molecular formula is C22H23N5O2. The fourth-order valence-corrected chi connectivity index (χ4v) is 3.72. The van der Waals surface area contributed by atoms with E-state index in [1.165, 1.54) is 0 Å². The summed E-state index contributed by atoms with van der Waals surface area (Å²) in [4.78, 5) is 26.9. The predicted octanol–water partition coefficient (Wildman–Crippen LogP) is 3.14. The van der Waals surface area contributed by atoms with E-state index >= 15 is 0 Å². The summed E-state index contributed by atoms with van der Waals surface area (Å²) in [6.07, 6.45) is 0. The molecule has 1 aliphatic rings. The normalized spacial score (nSPS) is 14.8. The molecule has 0 spiro atoms. The van der Waals surface area contributed by atoms with E-state index in [4.69, 9.17) is 0 Å². The van der Waals surface area contributed by atoms with Gasteiger partial charge in [0.15, 0.2) is 5.69 Å². The van der Waals surface area contributed by atoms with Crippen molar-refractivity contribution in [1.82, 2.24) is 15.0 Å². The quantitative estimate of drug-likeness (QED) is 0.743. The molecular weight excluding hydrogens is 366 g/mol. The van der Waals surface area contributed by atoms with Crippen molar-refractivity contribution in [3.8, 4) is 0 Å². The Morgan fingerprint density at radius 3 is 2.59 bits per heavy atom. The Morgan fingerprint density at radius 1 is 1.14 bits per heavy atom. The molecule has 4 rings (SSSR count). The minimum Gasteiger partial charge on any atom is -0.321 e. The molecule has 2 heterocycles. The maximum atomic E-state index is 12.8. The number of carbonyl (C=O) groups is 2. The van der Waals surface area contributed by atoms with Gasteiger partial charge in [-0.05, 0) is 50.1 Å². The minimum atomic E-state index is -0.625. The molecule has 7 heteroatoms. The van der Waals surface area contributed by atoms with Gasteiger partial charge >= 0.3 is 0 Å². The average Bonchev–Trinajstić information content (AvgIpc) is 3.14. The van der Waals surface area contributed by atoms with E-state index in [1.807, 2.05) is 63.2 Å². The van der Waals surface area contributed by atoms with Crippen LogP contribution in [0.4, 0.5) is 11.4 Å². The SMILES string of the molecule is Cc1c(C(=O)Nc2ccc3c(c2)C(C)(C)C(=O)N3C)nnn1Cc1ccccc1. The number of nitrogens with zero attached hydrogens (tertiary/aromatic N) is 4. The molecule has 0 saturated carbocycles. The first-order valence-electron chi connectivity index (χ1n) is 9.47. The standard InChI is InChI=1S/C22H23N5O2/c1-14-19(24-25-27(14)13-15-8-6-5-7-9-15)20(28)23-16-10-11-18-17(12-16)22(2,3)21(29)26(18)4/h5-12H,13H2,1-4H3,(H,23,28). The van der Waals surface area contributed by atoms with Gasteiger partial charge in [-0.2, -0.15) is 0 Å². The molecule has 0 bridgehead atoms. The number of nitrogens with one attached hydrogen (secondary N) is 1. The maximum Gasteiger partial charge on any atom is 0.278 e. The zero-order valence-electron chi connectivity index (χ0n) is 16.9. The largest absolute Gasteiger partial charge is 0.321 e. The van der Waals surface area contributed by atoms with Crippen molar-refractivity contribution < 1.29 is 9.59 Å². The summed E-state index contributed by atoms with van der Waals surface area (Å²) >= 11 is 0. The van der Waals surface area contributed by atoms with Gasteiger partial charge in [-0.1, -0.05) is 35.5 Å². The van der Waals surface area contributed by atoms with Crippen LogP contribution in [0.15, 0.2) is 48.5 Å². The third-order valence-electron chi connectivity index (χ3n) is 5.50. The highest BCUT2D eigenvalue weighted by molar-refractivity contribution is 6.08. The number of amides is 2. The van der Waals surface area contributed by atoms with Crippen LogP contribution in [0.25, 0.3) is 0 Å². The molecule has 0 aliphatic carbocycles. The van der Waals surface area contributed by atoms with Crippen molar-refractivity contribution in [3.63, 3.8) is 0 Å². The molecule has 2 amide bonds. The Balaban J connectivity index is 1.55. The molecule has 7 nitrogen and oxygen atoms in total. The van der Waals surface area contributed by atoms with Gasteiger partial charge in [0.25, 0.3) is 5.91 Å². The topological polar surface area (TPSA) is 80.1 Å². The van der Waals surface area contributed by atoms with Gasteiger partial charge in [0.2, 0.25) is 5.91 Å². The van der Waals surface area contributed by atoms with Gasteiger partial charge in [-0.25, -0.2) is 4.68 Å². The van der Waals surface area contributed by atoms with Crippen LogP contribution in [-0.2, 0) is 16.8 Å². The zero-order valence-corrected chi connectivity index (χ0v) is 16.9. The predicted molar refractivity (Wildman–Crippen MR) is 111 cm³/mol. The molecule has 148 valence electrons. The fraction of sp³-hybridized carbons (Fsp3) is 0.273. The molecule has 1 N–H and O–H groups in total. The minimum absolute atomic E-state index is 0.0377. The summed E-state index contributed by atoms with van der Waals surface area (Å²) in [6, 6.07) is 15.4. The van der Waals surface area contributed by atoms with Crippen molar-refractivity contribution in [1.29, 1.82) is 0 Å². The molecule has 2 aromatic carbocycles. The van der Waals surface area contributed by atoms with E-state index in [-0.39, 0.29) is 17.5 Å². The summed E-state index contributed by atoms with van der Waals surface area (Å²) in [5.41, 5.74) is 3.83. The van der Waals surface area contributed by atoms with Gasteiger partial charge in [-0.3, -0.25) is 9.59 Å². The summed E-state index contributed by atoms with van der Waals surface area (Å²) < 4.78 is 1.71. The lowest BCUT2D eigenvalue weighted by Gasteiger charge is -2.16. The number of hydrogen-bond donors (Lipinski definition) is 1. The lowest BCUT2D eigenvalue weighted by atomic mass is 9.86. The Morgan fingerprint density at radius 2 is 1.86 bits per heavy atom. The number of fused-ring (bicyclic) bond motifs is 1. The number of rotatable bonds is 4.